The first-order chi connectivity index (χ1) is 3.36. The molecule has 0 heterocycles. The van der Waals surface area contributed by atoms with Crippen molar-refractivity contribution in [1.82, 2.24) is 0 Å². The average molecular weight is 98.1 g/mol. The molecule has 1 heteroatoms. The molecule has 3 aliphatic rings. The van der Waals surface area contributed by atoms with E-state index in [1.54, 1.807) is 0 Å². The van der Waals surface area contributed by atoms with Gasteiger partial charge in [0.1, 0.15) is 0 Å². The summed E-state index contributed by atoms with van der Waals surface area (Å²) in [5.74, 6) is 1.63. The molecule has 2 bridgehead atoms. The Bertz CT molecular complexity index is 84.2. The van der Waals surface area contributed by atoms with E-state index >= 15 is 0 Å². The second kappa shape index (κ2) is 1.03. The van der Waals surface area contributed by atoms with Crippen molar-refractivity contribution in [2.24, 2.45) is 11.8 Å². The van der Waals surface area contributed by atoms with Gasteiger partial charge in [-0.15, -0.1) is 0 Å². The van der Waals surface area contributed by atoms with Crippen LogP contribution in [0.2, 0.25) is 0 Å². The largest absolute Gasteiger partial charge is 0.393 e. The lowest BCUT2D eigenvalue weighted by Crippen LogP contribution is -2.16. The molecule has 0 radical (unpaired) electrons. The maximum Gasteiger partial charge on any atom is 0.0571 e. The van der Waals surface area contributed by atoms with Gasteiger partial charge in [-0.2, -0.15) is 0 Å². The van der Waals surface area contributed by atoms with Gasteiger partial charge in [0.2, 0.25) is 0 Å². The van der Waals surface area contributed by atoms with Gasteiger partial charge in [0, 0.05) is 0 Å². The summed E-state index contributed by atoms with van der Waals surface area (Å²) in [6.45, 7) is 0. The Morgan fingerprint density at radius 2 is 1.86 bits per heavy atom. The van der Waals surface area contributed by atoms with Crippen LogP contribution in [0.15, 0.2) is 0 Å². The summed E-state index contributed by atoms with van der Waals surface area (Å²) in [5, 5.41) is 9.04. The van der Waals surface area contributed by atoms with E-state index in [4.69, 9.17) is 5.11 Å². The van der Waals surface area contributed by atoms with Gasteiger partial charge in [-0.25, -0.2) is 0 Å². The monoisotopic (exact) mass is 98.1 g/mol. The molecule has 7 heavy (non-hydrogen) atoms. The number of aliphatic hydroxyl groups is 1. The Kier molecular flexibility index (Phi) is 0.571. The summed E-state index contributed by atoms with van der Waals surface area (Å²) in [6.07, 6.45) is 3.83. The predicted octanol–water partition coefficient (Wildman–Crippen LogP) is 0.777. The zero-order valence-corrected chi connectivity index (χ0v) is 4.30. The molecule has 3 rings (SSSR count). The van der Waals surface area contributed by atoms with Crippen molar-refractivity contribution in [3.05, 3.63) is 0 Å². The number of fused-ring (bicyclic) bond motifs is 1. The number of hydrogen-bond acceptors (Lipinski definition) is 1. The first kappa shape index (κ1) is 3.90. The fourth-order valence-electron chi connectivity index (χ4n) is 1.83. The van der Waals surface area contributed by atoms with Gasteiger partial charge in [0.25, 0.3) is 0 Å². The molecule has 0 spiro atoms. The van der Waals surface area contributed by atoms with Gasteiger partial charge in [0.15, 0.2) is 0 Å². The Morgan fingerprint density at radius 1 is 1.14 bits per heavy atom. The molecule has 0 aliphatic heterocycles. The molecule has 0 amide bonds. The molecule has 0 aromatic heterocycles. The summed E-state index contributed by atoms with van der Waals surface area (Å²) in [7, 11) is 0. The van der Waals surface area contributed by atoms with E-state index in [2.05, 4.69) is 0 Å². The highest BCUT2D eigenvalue weighted by molar-refractivity contribution is 4.93. The van der Waals surface area contributed by atoms with E-state index in [1.807, 2.05) is 0 Å². The molecule has 40 valence electrons. The highest BCUT2D eigenvalue weighted by Gasteiger charge is 2.42. The Hall–Kier alpha value is -0.0400. The quantitative estimate of drug-likeness (QED) is 0.474. The standard InChI is InChI=1S/C6H10O/c7-6-3-4-1-5(6)2-4/h4-7H,1-3H2. The molecule has 3 fully saturated rings. The number of aliphatic hydroxyl groups excluding tert-OH is 1. The van der Waals surface area contributed by atoms with Crippen LogP contribution in [0.3, 0.4) is 0 Å². The summed E-state index contributed by atoms with van der Waals surface area (Å²) in [4.78, 5) is 0. The topological polar surface area (TPSA) is 20.2 Å². The lowest BCUT2D eigenvalue weighted by Gasteiger charge is -2.22. The summed E-state index contributed by atoms with van der Waals surface area (Å²) in [6, 6.07) is 0. The molecule has 1 nitrogen and oxygen atoms in total. The second-order valence-electron chi connectivity index (χ2n) is 2.90. The van der Waals surface area contributed by atoms with Gasteiger partial charge in [-0.05, 0) is 31.1 Å². The lowest BCUT2D eigenvalue weighted by molar-refractivity contribution is 0.133. The van der Waals surface area contributed by atoms with Gasteiger partial charge < -0.3 is 5.11 Å². The van der Waals surface area contributed by atoms with Crippen molar-refractivity contribution >= 4 is 0 Å². The molecule has 1 unspecified atom stereocenters. The van der Waals surface area contributed by atoms with Gasteiger partial charge in [-0.1, -0.05) is 0 Å². The van der Waals surface area contributed by atoms with Crippen LogP contribution in [-0.4, -0.2) is 11.2 Å². The van der Waals surface area contributed by atoms with Crippen LogP contribution in [0.1, 0.15) is 19.3 Å². The fourth-order valence-corrected chi connectivity index (χ4v) is 1.83. The van der Waals surface area contributed by atoms with E-state index in [9.17, 15) is 0 Å². The minimum atomic E-state index is 0.0880. The molecule has 1 atom stereocenters. The lowest BCUT2D eigenvalue weighted by atomic mass is 9.84. The Balaban J connectivity index is 2.13. The third kappa shape index (κ3) is 0.367. The summed E-state index contributed by atoms with van der Waals surface area (Å²) in [5.41, 5.74) is 0. The van der Waals surface area contributed by atoms with Crippen molar-refractivity contribution in [2.75, 3.05) is 0 Å². The van der Waals surface area contributed by atoms with Crippen molar-refractivity contribution in [3.8, 4) is 0 Å². The number of hydrogen-bond donors (Lipinski definition) is 1. The third-order valence-corrected chi connectivity index (χ3v) is 2.39. The molecule has 0 aromatic rings. The first-order valence-electron chi connectivity index (χ1n) is 3.04. The molecule has 3 saturated carbocycles. The average Bonchev–Trinajstić information content (AvgIpc) is 1.85. The Morgan fingerprint density at radius 3 is 2.00 bits per heavy atom. The van der Waals surface area contributed by atoms with E-state index in [0.717, 1.165) is 12.3 Å². The van der Waals surface area contributed by atoms with Crippen molar-refractivity contribution in [3.63, 3.8) is 0 Å². The van der Waals surface area contributed by atoms with Crippen LogP contribution in [0.25, 0.3) is 0 Å². The van der Waals surface area contributed by atoms with Crippen molar-refractivity contribution < 1.29 is 5.11 Å². The SMILES string of the molecule is OC1CC2CC1C2. The van der Waals surface area contributed by atoms with E-state index in [0.29, 0.717) is 5.92 Å². The third-order valence-electron chi connectivity index (χ3n) is 2.39. The van der Waals surface area contributed by atoms with E-state index in [1.165, 1.54) is 12.8 Å². The van der Waals surface area contributed by atoms with Gasteiger partial charge in [0.05, 0.1) is 6.10 Å². The second-order valence-corrected chi connectivity index (χ2v) is 2.90. The van der Waals surface area contributed by atoms with Gasteiger partial charge in [-0.3, -0.25) is 0 Å². The summed E-state index contributed by atoms with van der Waals surface area (Å²) >= 11 is 0. The molecule has 0 saturated heterocycles. The molecule has 0 aromatic carbocycles. The molecule has 1 N–H and O–H groups in total. The molecule has 3 aliphatic carbocycles. The Labute approximate surface area is 43.3 Å². The normalized spacial score (nSPS) is 57.0. The van der Waals surface area contributed by atoms with Crippen LogP contribution in [-0.2, 0) is 0 Å². The minimum Gasteiger partial charge on any atom is -0.393 e. The maximum absolute atomic E-state index is 9.04. The van der Waals surface area contributed by atoms with Crippen LogP contribution >= 0.6 is 0 Å². The van der Waals surface area contributed by atoms with E-state index in [-0.39, 0.29) is 6.10 Å². The molecular formula is C6H10O. The minimum absolute atomic E-state index is 0.0880. The maximum atomic E-state index is 9.04. The highest BCUT2D eigenvalue weighted by Crippen LogP contribution is 2.48. The number of rotatable bonds is 0. The highest BCUT2D eigenvalue weighted by atomic mass is 16.3. The summed E-state index contributed by atoms with van der Waals surface area (Å²) < 4.78 is 0. The van der Waals surface area contributed by atoms with E-state index < -0.39 is 0 Å². The van der Waals surface area contributed by atoms with Crippen LogP contribution in [0.4, 0.5) is 0 Å². The fraction of sp³-hybridized carbons (Fsp3) is 1.00. The van der Waals surface area contributed by atoms with Crippen LogP contribution < -0.4 is 0 Å². The zero-order valence-electron chi connectivity index (χ0n) is 4.30. The first-order valence-corrected chi connectivity index (χ1v) is 3.04. The van der Waals surface area contributed by atoms with Crippen molar-refractivity contribution in [1.29, 1.82) is 0 Å². The zero-order chi connectivity index (χ0) is 4.85. The van der Waals surface area contributed by atoms with Crippen molar-refractivity contribution in [2.45, 2.75) is 25.4 Å². The van der Waals surface area contributed by atoms with Crippen LogP contribution in [0, 0.1) is 11.8 Å². The van der Waals surface area contributed by atoms with Crippen LogP contribution in [0.5, 0.6) is 0 Å². The molecular weight excluding hydrogens is 88.1 g/mol. The smallest absolute Gasteiger partial charge is 0.0571 e. The predicted molar refractivity (Wildman–Crippen MR) is 26.8 cm³/mol. The van der Waals surface area contributed by atoms with Gasteiger partial charge >= 0.3 is 0 Å².